The lowest BCUT2D eigenvalue weighted by atomic mass is 10.2. The summed E-state index contributed by atoms with van der Waals surface area (Å²) >= 11 is 3.33. The quantitative estimate of drug-likeness (QED) is 0.707. The summed E-state index contributed by atoms with van der Waals surface area (Å²) in [7, 11) is 0. The Balaban J connectivity index is 2.22. The first kappa shape index (κ1) is 16.7. The second kappa shape index (κ2) is 8.71. The third kappa shape index (κ3) is 7.25. The van der Waals surface area contributed by atoms with Crippen molar-refractivity contribution in [1.82, 2.24) is 10.6 Å². The molecule has 0 saturated carbocycles. The highest BCUT2D eigenvalue weighted by molar-refractivity contribution is 9.10. The zero-order valence-electron chi connectivity index (χ0n) is 11.7. The van der Waals surface area contributed by atoms with Crippen molar-refractivity contribution in [3.63, 3.8) is 0 Å². The fourth-order valence-electron chi connectivity index (χ4n) is 1.44. The van der Waals surface area contributed by atoms with E-state index < -0.39 is 0 Å². The maximum Gasteiger partial charge on any atom is 0.238 e. The van der Waals surface area contributed by atoms with Crippen LogP contribution in [0.15, 0.2) is 28.7 Å². The average molecular weight is 342 g/mol. The molecule has 3 N–H and O–H groups in total. The summed E-state index contributed by atoms with van der Waals surface area (Å²) in [5, 5.41) is 8.32. The molecule has 0 spiro atoms. The van der Waals surface area contributed by atoms with E-state index in [1.165, 1.54) is 0 Å². The summed E-state index contributed by atoms with van der Waals surface area (Å²) in [5.41, 5.74) is 0.718. The molecule has 0 bridgehead atoms. The summed E-state index contributed by atoms with van der Waals surface area (Å²) in [4.78, 5) is 23.1. The normalized spacial score (nSPS) is 10.4. The van der Waals surface area contributed by atoms with Gasteiger partial charge >= 0.3 is 0 Å². The monoisotopic (exact) mass is 341 g/mol. The van der Waals surface area contributed by atoms with Crippen LogP contribution in [0.2, 0.25) is 0 Å². The van der Waals surface area contributed by atoms with E-state index in [-0.39, 0.29) is 24.9 Å². The predicted octanol–water partition coefficient (Wildman–Crippen LogP) is 1.75. The first-order valence-electron chi connectivity index (χ1n) is 6.50. The van der Waals surface area contributed by atoms with Crippen LogP contribution in [0.5, 0.6) is 0 Å². The number of carbonyl (C=O) groups excluding carboxylic acids is 2. The van der Waals surface area contributed by atoms with Gasteiger partial charge in [0.2, 0.25) is 11.8 Å². The third-order valence-corrected chi connectivity index (χ3v) is 2.88. The Morgan fingerprint density at radius 3 is 2.55 bits per heavy atom. The lowest BCUT2D eigenvalue weighted by molar-refractivity contribution is -0.120. The summed E-state index contributed by atoms with van der Waals surface area (Å²) in [6.45, 7) is 4.93. The molecule has 1 aromatic carbocycles. The van der Waals surface area contributed by atoms with Gasteiger partial charge in [-0.05, 0) is 24.1 Å². The second-order valence-corrected chi connectivity index (χ2v) is 5.78. The van der Waals surface area contributed by atoms with Gasteiger partial charge in [-0.25, -0.2) is 0 Å². The number of nitrogens with one attached hydrogen (secondary N) is 3. The van der Waals surface area contributed by atoms with E-state index in [1.54, 1.807) is 6.07 Å². The van der Waals surface area contributed by atoms with E-state index in [0.29, 0.717) is 12.5 Å². The number of rotatable bonds is 7. The fourth-order valence-corrected chi connectivity index (χ4v) is 1.84. The van der Waals surface area contributed by atoms with Gasteiger partial charge in [0.25, 0.3) is 0 Å². The average Bonchev–Trinajstić information content (AvgIpc) is 2.36. The van der Waals surface area contributed by atoms with Crippen molar-refractivity contribution in [2.75, 3.05) is 25.0 Å². The Kier molecular flexibility index (Phi) is 7.25. The van der Waals surface area contributed by atoms with Crippen LogP contribution in [0.1, 0.15) is 13.8 Å². The molecular formula is C14H20BrN3O2. The molecule has 110 valence electrons. The molecule has 0 saturated heterocycles. The topological polar surface area (TPSA) is 70.2 Å². The number of hydrogen-bond donors (Lipinski definition) is 3. The van der Waals surface area contributed by atoms with E-state index in [0.717, 1.165) is 10.2 Å². The largest absolute Gasteiger partial charge is 0.355 e. The molecule has 20 heavy (non-hydrogen) atoms. The Morgan fingerprint density at radius 2 is 1.90 bits per heavy atom. The van der Waals surface area contributed by atoms with Crippen LogP contribution in [0, 0.1) is 5.92 Å². The van der Waals surface area contributed by atoms with E-state index in [9.17, 15) is 9.59 Å². The van der Waals surface area contributed by atoms with Crippen LogP contribution in [0.4, 0.5) is 5.69 Å². The Hall–Kier alpha value is -1.40. The maximum atomic E-state index is 11.7. The summed E-state index contributed by atoms with van der Waals surface area (Å²) < 4.78 is 0.899. The van der Waals surface area contributed by atoms with E-state index in [2.05, 4.69) is 31.9 Å². The maximum absolute atomic E-state index is 11.7. The minimum atomic E-state index is -0.181. The molecule has 5 nitrogen and oxygen atoms in total. The molecule has 0 heterocycles. The summed E-state index contributed by atoms with van der Waals surface area (Å²) in [6, 6.07) is 7.34. The SMILES string of the molecule is CC(C)CNC(=O)CNCC(=O)Nc1cccc(Br)c1. The summed E-state index contributed by atoms with van der Waals surface area (Å²) in [5.74, 6) is 0.132. The van der Waals surface area contributed by atoms with E-state index in [4.69, 9.17) is 0 Å². The smallest absolute Gasteiger partial charge is 0.238 e. The van der Waals surface area contributed by atoms with Crippen molar-refractivity contribution in [3.05, 3.63) is 28.7 Å². The highest BCUT2D eigenvalue weighted by Gasteiger charge is 2.05. The van der Waals surface area contributed by atoms with Gasteiger partial charge in [0, 0.05) is 16.7 Å². The molecular weight excluding hydrogens is 322 g/mol. The van der Waals surface area contributed by atoms with Gasteiger partial charge in [-0.15, -0.1) is 0 Å². The number of benzene rings is 1. The summed E-state index contributed by atoms with van der Waals surface area (Å²) in [6.07, 6.45) is 0. The van der Waals surface area contributed by atoms with Crippen molar-refractivity contribution in [3.8, 4) is 0 Å². The van der Waals surface area contributed by atoms with Crippen LogP contribution < -0.4 is 16.0 Å². The molecule has 0 aliphatic carbocycles. The van der Waals surface area contributed by atoms with Crippen molar-refractivity contribution >= 4 is 33.4 Å². The van der Waals surface area contributed by atoms with Crippen molar-refractivity contribution in [1.29, 1.82) is 0 Å². The van der Waals surface area contributed by atoms with Gasteiger partial charge in [0.1, 0.15) is 0 Å². The zero-order chi connectivity index (χ0) is 15.0. The number of anilines is 1. The van der Waals surface area contributed by atoms with Gasteiger partial charge in [0.05, 0.1) is 13.1 Å². The van der Waals surface area contributed by atoms with Crippen LogP contribution in [0.3, 0.4) is 0 Å². The molecule has 1 rings (SSSR count). The van der Waals surface area contributed by atoms with Gasteiger partial charge in [-0.3, -0.25) is 14.9 Å². The molecule has 0 aromatic heterocycles. The van der Waals surface area contributed by atoms with Crippen molar-refractivity contribution < 1.29 is 9.59 Å². The first-order valence-corrected chi connectivity index (χ1v) is 7.29. The number of halogens is 1. The van der Waals surface area contributed by atoms with Gasteiger partial charge in [-0.1, -0.05) is 35.8 Å². The molecule has 0 aliphatic rings. The lowest BCUT2D eigenvalue weighted by Gasteiger charge is -2.09. The first-order chi connectivity index (χ1) is 9.47. The van der Waals surface area contributed by atoms with Crippen molar-refractivity contribution in [2.45, 2.75) is 13.8 Å². The number of carbonyl (C=O) groups is 2. The van der Waals surface area contributed by atoms with Gasteiger partial charge in [0.15, 0.2) is 0 Å². The lowest BCUT2D eigenvalue weighted by Crippen LogP contribution is -2.38. The second-order valence-electron chi connectivity index (χ2n) is 4.86. The standard InChI is InChI=1S/C14H20BrN3O2/c1-10(2)7-17-13(19)8-16-9-14(20)18-12-5-3-4-11(15)6-12/h3-6,10,16H,7-9H2,1-2H3,(H,17,19)(H,18,20). The van der Waals surface area contributed by atoms with E-state index >= 15 is 0 Å². The van der Waals surface area contributed by atoms with Gasteiger partial charge in [-0.2, -0.15) is 0 Å². The molecule has 0 unspecified atom stereocenters. The highest BCUT2D eigenvalue weighted by atomic mass is 79.9. The third-order valence-electron chi connectivity index (χ3n) is 2.39. The van der Waals surface area contributed by atoms with Crippen LogP contribution >= 0.6 is 15.9 Å². The van der Waals surface area contributed by atoms with Crippen molar-refractivity contribution in [2.24, 2.45) is 5.92 Å². The molecule has 0 aliphatic heterocycles. The molecule has 0 atom stereocenters. The molecule has 0 fully saturated rings. The molecule has 0 radical (unpaired) electrons. The molecule has 2 amide bonds. The predicted molar refractivity (Wildman–Crippen MR) is 83.5 cm³/mol. The fraction of sp³-hybridized carbons (Fsp3) is 0.429. The van der Waals surface area contributed by atoms with Crippen LogP contribution in [-0.4, -0.2) is 31.4 Å². The molecule has 1 aromatic rings. The van der Waals surface area contributed by atoms with Crippen LogP contribution in [0.25, 0.3) is 0 Å². The minimum Gasteiger partial charge on any atom is -0.355 e. The number of hydrogen-bond acceptors (Lipinski definition) is 3. The zero-order valence-corrected chi connectivity index (χ0v) is 13.3. The molecule has 6 heteroatoms. The number of amides is 2. The Morgan fingerprint density at radius 1 is 1.20 bits per heavy atom. The van der Waals surface area contributed by atoms with Crippen LogP contribution in [-0.2, 0) is 9.59 Å². The van der Waals surface area contributed by atoms with Gasteiger partial charge < -0.3 is 10.6 Å². The minimum absolute atomic E-state index is 0.0988. The Bertz CT molecular complexity index is 463. The van der Waals surface area contributed by atoms with E-state index in [1.807, 2.05) is 32.0 Å². The highest BCUT2D eigenvalue weighted by Crippen LogP contribution is 2.15. The Labute approximate surface area is 127 Å².